The van der Waals surface area contributed by atoms with Crippen molar-refractivity contribution in [3.63, 3.8) is 0 Å². The van der Waals surface area contributed by atoms with E-state index < -0.39 is 29.0 Å². The summed E-state index contributed by atoms with van der Waals surface area (Å²) in [6, 6.07) is 6.67. The van der Waals surface area contributed by atoms with Crippen molar-refractivity contribution in [1.29, 1.82) is 0 Å². The van der Waals surface area contributed by atoms with Gasteiger partial charge in [0.1, 0.15) is 5.69 Å². The van der Waals surface area contributed by atoms with Crippen molar-refractivity contribution in [2.75, 3.05) is 10.6 Å². The Labute approximate surface area is 152 Å². The summed E-state index contributed by atoms with van der Waals surface area (Å²) in [5.41, 5.74) is 0.897. The number of benzene rings is 1. The van der Waals surface area contributed by atoms with Gasteiger partial charge in [0.15, 0.2) is 17.5 Å². The third kappa shape index (κ3) is 4.38. The van der Waals surface area contributed by atoms with Crippen LogP contribution >= 0.6 is 0 Å². The van der Waals surface area contributed by atoms with Gasteiger partial charge in [0.2, 0.25) is 5.95 Å². The highest BCUT2D eigenvalue weighted by Crippen LogP contribution is 2.20. The minimum atomic E-state index is -1.66. The molecule has 0 radical (unpaired) electrons. The first kappa shape index (κ1) is 18.3. The number of carbonyl (C=O) groups is 1. The first-order valence-electron chi connectivity index (χ1n) is 7.87. The molecule has 0 spiro atoms. The van der Waals surface area contributed by atoms with Gasteiger partial charge < -0.3 is 10.6 Å². The van der Waals surface area contributed by atoms with Crippen LogP contribution in [0.1, 0.15) is 21.7 Å². The second kappa shape index (κ2) is 7.81. The maximum atomic E-state index is 13.7. The Kier molecular flexibility index (Phi) is 5.30. The Bertz CT molecular complexity index is 982. The van der Waals surface area contributed by atoms with Crippen molar-refractivity contribution in [3.8, 4) is 0 Å². The topological polar surface area (TPSA) is 79.8 Å². The third-order valence-electron chi connectivity index (χ3n) is 3.57. The Hall–Kier alpha value is -3.49. The van der Waals surface area contributed by atoms with Crippen molar-refractivity contribution >= 4 is 17.5 Å². The Morgan fingerprint density at radius 2 is 1.78 bits per heavy atom. The van der Waals surface area contributed by atoms with Gasteiger partial charge in [0.25, 0.3) is 5.91 Å². The van der Waals surface area contributed by atoms with E-state index in [4.69, 9.17) is 0 Å². The van der Waals surface area contributed by atoms with E-state index >= 15 is 0 Å². The van der Waals surface area contributed by atoms with Crippen LogP contribution in [0.25, 0.3) is 0 Å². The molecular formula is C18H14F3N5O. The number of hydrogen-bond acceptors (Lipinski definition) is 5. The highest BCUT2D eigenvalue weighted by Gasteiger charge is 2.17. The smallest absolute Gasteiger partial charge is 0.274 e. The average molecular weight is 373 g/mol. The molecule has 2 N–H and O–H groups in total. The minimum absolute atomic E-state index is 0.0520. The number of nitrogens with zero attached hydrogens (tertiary/aromatic N) is 3. The summed E-state index contributed by atoms with van der Waals surface area (Å²) >= 11 is 0. The molecular weight excluding hydrogens is 359 g/mol. The molecule has 2 aromatic heterocycles. The number of hydrogen-bond donors (Lipinski definition) is 2. The maximum Gasteiger partial charge on any atom is 0.274 e. The summed E-state index contributed by atoms with van der Waals surface area (Å²) in [4.78, 5) is 24.5. The van der Waals surface area contributed by atoms with Crippen molar-refractivity contribution in [3.05, 3.63) is 77.1 Å². The van der Waals surface area contributed by atoms with Gasteiger partial charge in [-0.2, -0.15) is 0 Å². The van der Waals surface area contributed by atoms with Gasteiger partial charge in [0.05, 0.1) is 5.69 Å². The molecule has 0 saturated heterocycles. The fourth-order valence-electron chi connectivity index (χ4n) is 2.25. The number of rotatable bonds is 5. The van der Waals surface area contributed by atoms with E-state index in [9.17, 15) is 18.0 Å². The van der Waals surface area contributed by atoms with Crippen LogP contribution in [0.2, 0.25) is 0 Å². The lowest BCUT2D eigenvalue weighted by atomic mass is 10.2. The van der Waals surface area contributed by atoms with Crippen LogP contribution < -0.4 is 10.6 Å². The molecule has 0 fully saturated rings. The van der Waals surface area contributed by atoms with Gasteiger partial charge in [-0.05, 0) is 42.8 Å². The zero-order valence-electron chi connectivity index (χ0n) is 14.1. The van der Waals surface area contributed by atoms with Gasteiger partial charge in [-0.25, -0.2) is 23.1 Å². The molecule has 27 heavy (non-hydrogen) atoms. The summed E-state index contributed by atoms with van der Waals surface area (Å²) in [7, 11) is 0. The van der Waals surface area contributed by atoms with Gasteiger partial charge >= 0.3 is 0 Å². The predicted molar refractivity (Wildman–Crippen MR) is 92.6 cm³/mol. The maximum absolute atomic E-state index is 13.7. The van der Waals surface area contributed by atoms with Gasteiger partial charge in [-0.1, -0.05) is 0 Å². The molecule has 3 aromatic rings. The number of amides is 1. The number of halogens is 3. The fraction of sp³-hybridized carbons (Fsp3) is 0.111. The van der Waals surface area contributed by atoms with E-state index in [0.29, 0.717) is 12.2 Å². The lowest BCUT2D eigenvalue weighted by molar-refractivity contribution is 0.102. The van der Waals surface area contributed by atoms with E-state index in [1.165, 1.54) is 6.07 Å². The van der Waals surface area contributed by atoms with Crippen LogP contribution in [0.15, 0.2) is 42.7 Å². The molecule has 0 saturated carbocycles. The molecule has 1 aromatic carbocycles. The number of nitrogens with one attached hydrogen (secondary N) is 2. The minimum Gasteiger partial charge on any atom is -0.350 e. The third-order valence-corrected chi connectivity index (χ3v) is 3.57. The lowest BCUT2D eigenvalue weighted by Crippen LogP contribution is -2.17. The normalized spacial score (nSPS) is 10.5. The molecule has 2 heterocycles. The number of anilines is 2. The quantitative estimate of drug-likeness (QED) is 0.670. The van der Waals surface area contributed by atoms with Gasteiger partial charge in [-0.3, -0.25) is 9.78 Å². The molecule has 9 heteroatoms. The second-order valence-electron chi connectivity index (χ2n) is 5.60. The number of carbonyl (C=O) groups excluding carboxylic acids is 1. The van der Waals surface area contributed by atoms with Gasteiger partial charge in [0, 0.05) is 24.6 Å². The number of aryl methyl sites for hydroxylation is 1. The van der Waals surface area contributed by atoms with Crippen molar-refractivity contribution in [1.82, 2.24) is 15.0 Å². The van der Waals surface area contributed by atoms with Crippen LogP contribution in [0.4, 0.5) is 24.8 Å². The summed E-state index contributed by atoms with van der Waals surface area (Å²) in [6.07, 6.45) is 3.28. The van der Waals surface area contributed by atoms with E-state index in [-0.39, 0.29) is 11.6 Å². The molecule has 0 atom stereocenters. The Balaban J connectivity index is 1.77. The van der Waals surface area contributed by atoms with Gasteiger partial charge in [-0.15, -0.1) is 0 Å². The van der Waals surface area contributed by atoms with Crippen molar-refractivity contribution in [2.45, 2.75) is 13.5 Å². The standard InChI is InChI=1S/C18H14F3N5O/c1-10-8-14(17(27)25-13-3-2-12(19)15(20)16(13)21)26-18(24-10)23-9-11-4-6-22-7-5-11/h2-8H,9H2,1H3,(H,25,27)(H,23,24,26). The molecule has 0 aliphatic carbocycles. The van der Waals surface area contributed by atoms with E-state index in [2.05, 4.69) is 25.6 Å². The molecule has 0 aliphatic rings. The highest BCUT2D eigenvalue weighted by atomic mass is 19.2. The summed E-state index contributed by atoms with van der Waals surface area (Å²) in [6.45, 7) is 2.07. The molecule has 0 bridgehead atoms. The van der Waals surface area contributed by atoms with Crippen molar-refractivity contribution < 1.29 is 18.0 Å². The fourth-order valence-corrected chi connectivity index (χ4v) is 2.25. The molecule has 1 amide bonds. The average Bonchev–Trinajstić information content (AvgIpc) is 2.67. The van der Waals surface area contributed by atoms with Crippen LogP contribution in [0.5, 0.6) is 0 Å². The van der Waals surface area contributed by atoms with Crippen molar-refractivity contribution in [2.24, 2.45) is 0 Å². The Morgan fingerprint density at radius 1 is 1.04 bits per heavy atom. The van der Waals surface area contributed by atoms with E-state index in [1.54, 1.807) is 19.3 Å². The number of pyridine rings is 1. The van der Waals surface area contributed by atoms with Crippen LogP contribution in [0, 0.1) is 24.4 Å². The SMILES string of the molecule is Cc1cc(C(=O)Nc2ccc(F)c(F)c2F)nc(NCc2ccncc2)n1. The zero-order valence-corrected chi connectivity index (χ0v) is 14.1. The van der Waals surface area contributed by atoms with Crippen LogP contribution in [-0.4, -0.2) is 20.9 Å². The summed E-state index contributed by atoms with van der Waals surface area (Å²) in [5.74, 6) is -5.07. The predicted octanol–water partition coefficient (Wildman–Crippen LogP) is 3.46. The molecule has 6 nitrogen and oxygen atoms in total. The molecule has 3 rings (SSSR count). The number of aromatic nitrogens is 3. The Morgan fingerprint density at radius 3 is 2.52 bits per heavy atom. The van der Waals surface area contributed by atoms with E-state index in [0.717, 1.165) is 17.7 Å². The summed E-state index contributed by atoms with van der Waals surface area (Å²) < 4.78 is 40.0. The largest absolute Gasteiger partial charge is 0.350 e. The molecule has 138 valence electrons. The van der Waals surface area contributed by atoms with Crippen LogP contribution in [-0.2, 0) is 6.54 Å². The highest BCUT2D eigenvalue weighted by molar-refractivity contribution is 6.03. The lowest BCUT2D eigenvalue weighted by Gasteiger charge is -2.10. The first-order valence-corrected chi connectivity index (χ1v) is 7.87. The first-order chi connectivity index (χ1) is 12.9. The second-order valence-corrected chi connectivity index (χ2v) is 5.60. The van der Waals surface area contributed by atoms with Crippen LogP contribution in [0.3, 0.4) is 0 Å². The zero-order chi connectivity index (χ0) is 19.4. The molecule has 0 unspecified atom stereocenters. The monoisotopic (exact) mass is 373 g/mol. The van der Waals surface area contributed by atoms with E-state index in [1.807, 2.05) is 12.1 Å². The summed E-state index contributed by atoms with van der Waals surface area (Å²) in [5, 5.41) is 5.15. The molecule has 0 aliphatic heterocycles.